The molecule has 0 aliphatic carbocycles. The Kier molecular flexibility index (Phi) is 4.42. The fourth-order valence-corrected chi connectivity index (χ4v) is 2.78. The number of carboxylic acid groups (broad SMARTS) is 1. The molecule has 24 heavy (non-hydrogen) atoms. The van der Waals surface area contributed by atoms with Crippen LogP contribution in [0.4, 0.5) is 5.69 Å². The van der Waals surface area contributed by atoms with Crippen LogP contribution >= 0.6 is 23.2 Å². The Balaban J connectivity index is 2.06. The molecule has 0 aliphatic heterocycles. The largest absolute Gasteiger partial charge is 0.478 e. The zero-order chi connectivity index (χ0) is 17.3. The molecule has 0 unspecified atom stereocenters. The van der Waals surface area contributed by atoms with E-state index in [2.05, 4.69) is 5.32 Å². The van der Waals surface area contributed by atoms with Gasteiger partial charge >= 0.3 is 5.97 Å². The van der Waals surface area contributed by atoms with Gasteiger partial charge in [0.1, 0.15) is 0 Å². The number of halogens is 2. The van der Waals surface area contributed by atoms with E-state index in [1.807, 2.05) is 0 Å². The van der Waals surface area contributed by atoms with Crippen molar-refractivity contribution in [1.29, 1.82) is 0 Å². The SMILES string of the molecule is O=C(O)c1cccc2cccc(C(=O)Nc3ccc(Cl)c(Cl)c3)c12. The number of carbonyl (C=O) groups is 2. The van der Waals surface area contributed by atoms with Crippen molar-refractivity contribution in [3.8, 4) is 0 Å². The van der Waals surface area contributed by atoms with Crippen LogP contribution in [0.15, 0.2) is 54.6 Å². The molecule has 3 aromatic rings. The highest BCUT2D eigenvalue weighted by molar-refractivity contribution is 6.42. The quantitative estimate of drug-likeness (QED) is 0.683. The lowest BCUT2D eigenvalue weighted by Gasteiger charge is -2.10. The Morgan fingerprint density at radius 3 is 2.17 bits per heavy atom. The Morgan fingerprint density at radius 2 is 1.54 bits per heavy atom. The summed E-state index contributed by atoms with van der Waals surface area (Å²) in [4.78, 5) is 24.1. The molecule has 0 heterocycles. The highest BCUT2D eigenvalue weighted by Crippen LogP contribution is 2.27. The molecule has 120 valence electrons. The standard InChI is InChI=1S/C18H11Cl2NO3/c19-14-8-7-11(9-15(14)20)21-17(22)12-5-1-3-10-4-2-6-13(16(10)12)18(23)24/h1-9H,(H,21,22)(H,23,24). The topological polar surface area (TPSA) is 66.4 Å². The van der Waals surface area contributed by atoms with Crippen LogP contribution in [0.1, 0.15) is 20.7 Å². The predicted molar refractivity (Wildman–Crippen MR) is 95.3 cm³/mol. The minimum absolute atomic E-state index is 0.0763. The van der Waals surface area contributed by atoms with Gasteiger partial charge in [-0.1, -0.05) is 47.5 Å². The van der Waals surface area contributed by atoms with Crippen LogP contribution in [0.25, 0.3) is 10.8 Å². The fourth-order valence-electron chi connectivity index (χ4n) is 2.48. The highest BCUT2D eigenvalue weighted by atomic mass is 35.5. The Hall–Kier alpha value is -2.56. The van der Waals surface area contributed by atoms with Crippen LogP contribution < -0.4 is 5.32 Å². The number of benzene rings is 3. The van der Waals surface area contributed by atoms with Gasteiger partial charge in [0.2, 0.25) is 0 Å². The van der Waals surface area contributed by atoms with Crippen LogP contribution in [-0.4, -0.2) is 17.0 Å². The highest BCUT2D eigenvalue weighted by Gasteiger charge is 2.16. The van der Waals surface area contributed by atoms with E-state index in [9.17, 15) is 14.7 Å². The van der Waals surface area contributed by atoms with E-state index in [4.69, 9.17) is 23.2 Å². The molecule has 0 bridgehead atoms. The zero-order valence-corrected chi connectivity index (χ0v) is 13.7. The molecule has 3 rings (SSSR count). The second-order valence-corrected chi connectivity index (χ2v) is 5.91. The van der Waals surface area contributed by atoms with Crippen molar-refractivity contribution in [3.05, 3.63) is 75.8 Å². The van der Waals surface area contributed by atoms with Crippen LogP contribution in [0.5, 0.6) is 0 Å². The van der Waals surface area contributed by atoms with E-state index in [0.717, 1.165) is 0 Å². The number of hydrogen-bond acceptors (Lipinski definition) is 2. The second-order valence-electron chi connectivity index (χ2n) is 5.10. The Bertz CT molecular complexity index is 964. The van der Waals surface area contributed by atoms with Crippen molar-refractivity contribution < 1.29 is 14.7 Å². The molecule has 2 N–H and O–H groups in total. The molecule has 0 fully saturated rings. The summed E-state index contributed by atoms with van der Waals surface area (Å²) in [5, 5.41) is 13.9. The number of hydrogen-bond donors (Lipinski definition) is 2. The molecule has 0 aliphatic rings. The van der Waals surface area contributed by atoms with E-state index in [0.29, 0.717) is 26.5 Å². The number of aromatic carboxylic acids is 1. The molecule has 1 amide bonds. The average Bonchev–Trinajstić information content (AvgIpc) is 2.57. The number of fused-ring (bicyclic) bond motifs is 1. The maximum atomic E-state index is 12.6. The van der Waals surface area contributed by atoms with Crippen molar-refractivity contribution in [3.63, 3.8) is 0 Å². The van der Waals surface area contributed by atoms with Gasteiger partial charge in [0.05, 0.1) is 15.6 Å². The van der Waals surface area contributed by atoms with Gasteiger partial charge in [-0.15, -0.1) is 0 Å². The lowest BCUT2D eigenvalue weighted by molar-refractivity contribution is 0.0699. The normalized spacial score (nSPS) is 10.6. The molecule has 0 aromatic heterocycles. The molecule has 0 spiro atoms. The zero-order valence-electron chi connectivity index (χ0n) is 12.2. The monoisotopic (exact) mass is 359 g/mol. The summed E-state index contributed by atoms with van der Waals surface area (Å²) in [6.07, 6.45) is 0. The van der Waals surface area contributed by atoms with Gasteiger partial charge in [-0.25, -0.2) is 4.79 Å². The third kappa shape index (κ3) is 3.07. The molecule has 3 aromatic carbocycles. The molecule has 6 heteroatoms. The number of amides is 1. The summed E-state index contributed by atoms with van der Waals surface area (Å²) in [5.74, 6) is -1.51. The first kappa shape index (κ1) is 16.3. The Morgan fingerprint density at radius 1 is 0.875 bits per heavy atom. The number of carboxylic acids is 1. The fraction of sp³-hybridized carbons (Fsp3) is 0. The van der Waals surface area contributed by atoms with Crippen LogP contribution in [0.3, 0.4) is 0 Å². The van der Waals surface area contributed by atoms with Crippen LogP contribution in [0.2, 0.25) is 10.0 Å². The van der Waals surface area contributed by atoms with E-state index in [-0.39, 0.29) is 11.1 Å². The summed E-state index contributed by atoms with van der Waals surface area (Å²) in [7, 11) is 0. The predicted octanol–water partition coefficient (Wildman–Crippen LogP) is 5.10. The van der Waals surface area contributed by atoms with Gasteiger partial charge in [-0.05, 0) is 35.7 Å². The summed E-state index contributed by atoms with van der Waals surface area (Å²) < 4.78 is 0. The number of rotatable bonds is 3. The summed E-state index contributed by atoms with van der Waals surface area (Å²) >= 11 is 11.8. The molecule has 0 atom stereocenters. The Labute approximate surface area is 147 Å². The number of carbonyl (C=O) groups excluding carboxylic acids is 1. The first-order chi connectivity index (χ1) is 11.5. The molecule has 4 nitrogen and oxygen atoms in total. The van der Waals surface area contributed by atoms with Crippen LogP contribution in [0, 0.1) is 0 Å². The average molecular weight is 360 g/mol. The van der Waals surface area contributed by atoms with Gasteiger partial charge in [-0.2, -0.15) is 0 Å². The summed E-state index contributed by atoms with van der Waals surface area (Å²) in [6, 6.07) is 14.7. The van der Waals surface area contributed by atoms with E-state index in [1.54, 1.807) is 42.5 Å². The lowest BCUT2D eigenvalue weighted by atomic mass is 9.98. The minimum atomic E-state index is -1.09. The van der Waals surface area contributed by atoms with Gasteiger partial charge in [0.25, 0.3) is 5.91 Å². The van der Waals surface area contributed by atoms with E-state index < -0.39 is 11.9 Å². The lowest BCUT2D eigenvalue weighted by Crippen LogP contribution is -2.13. The smallest absolute Gasteiger partial charge is 0.336 e. The molecule has 0 saturated carbocycles. The first-order valence-electron chi connectivity index (χ1n) is 6.99. The van der Waals surface area contributed by atoms with Crippen molar-refractivity contribution in [2.75, 3.05) is 5.32 Å². The van der Waals surface area contributed by atoms with Crippen molar-refractivity contribution in [2.45, 2.75) is 0 Å². The number of anilines is 1. The van der Waals surface area contributed by atoms with Crippen LogP contribution in [-0.2, 0) is 0 Å². The first-order valence-corrected chi connectivity index (χ1v) is 7.74. The van der Waals surface area contributed by atoms with Gasteiger partial charge in [0.15, 0.2) is 0 Å². The van der Waals surface area contributed by atoms with Gasteiger partial charge in [0, 0.05) is 16.6 Å². The maximum absolute atomic E-state index is 12.6. The molecular formula is C18H11Cl2NO3. The minimum Gasteiger partial charge on any atom is -0.478 e. The van der Waals surface area contributed by atoms with Crippen molar-refractivity contribution in [2.24, 2.45) is 0 Å². The third-order valence-electron chi connectivity index (χ3n) is 3.56. The van der Waals surface area contributed by atoms with Gasteiger partial charge < -0.3 is 10.4 Å². The number of nitrogens with one attached hydrogen (secondary N) is 1. The van der Waals surface area contributed by atoms with Gasteiger partial charge in [-0.3, -0.25) is 4.79 Å². The molecular weight excluding hydrogens is 349 g/mol. The molecule has 0 saturated heterocycles. The van der Waals surface area contributed by atoms with E-state index in [1.165, 1.54) is 12.1 Å². The van der Waals surface area contributed by atoms with Crippen molar-refractivity contribution >= 4 is 51.5 Å². The van der Waals surface area contributed by atoms with Crippen molar-refractivity contribution in [1.82, 2.24) is 0 Å². The summed E-state index contributed by atoms with van der Waals surface area (Å²) in [6.45, 7) is 0. The van der Waals surface area contributed by atoms with E-state index >= 15 is 0 Å². The second kappa shape index (κ2) is 6.51. The maximum Gasteiger partial charge on any atom is 0.336 e. The molecule has 0 radical (unpaired) electrons. The summed E-state index contributed by atoms with van der Waals surface area (Å²) in [5.41, 5.74) is 0.822. The third-order valence-corrected chi connectivity index (χ3v) is 4.30.